The van der Waals surface area contributed by atoms with Gasteiger partial charge < -0.3 is 10.1 Å². The molecule has 0 atom stereocenters. The summed E-state index contributed by atoms with van der Waals surface area (Å²) in [6, 6.07) is 8.54. The molecule has 5 nitrogen and oxygen atoms in total. The lowest BCUT2D eigenvalue weighted by atomic mass is 9.92. The van der Waals surface area contributed by atoms with Crippen LogP contribution in [0.4, 0.5) is 5.82 Å². The first-order valence-corrected chi connectivity index (χ1v) is 7.44. The number of anilines is 1. The number of aryl methyl sites for hydroxylation is 1. The van der Waals surface area contributed by atoms with Crippen LogP contribution in [0.2, 0.25) is 0 Å². The molecule has 1 aromatic heterocycles. The standard InChI is InChI=1S/C18H18N2O3/c1-11-6-7-19-16(8-11)20-17(22)12-4-5-15-13(9-12)14(21)10-18(2,3)23-15/h4-9H,10H2,1-3H3,(H,19,20,22). The summed E-state index contributed by atoms with van der Waals surface area (Å²) in [6.45, 7) is 5.67. The van der Waals surface area contributed by atoms with Gasteiger partial charge in [-0.1, -0.05) is 0 Å². The van der Waals surface area contributed by atoms with Crippen molar-refractivity contribution in [2.24, 2.45) is 0 Å². The zero-order valence-electron chi connectivity index (χ0n) is 13.3. The summed E-state index contributed by atoms with van der Waals surface area (Å²) in [5.74, 6) is 0.691. The number of nitrogens with one attached hydrogen (secondary N) is 1. The van der Waals surface area contributed by atoms with Crippen LogP contribution in [0.25, 0.3) is 0 Å². The van der Waals surface area contributed by atoms with E-state index >= 15 is 0 Å². The summed E-state index contributed by atoms with van der Waals surface area (Å²) in [5, 5.41) is 2.73. The molecule has 5 heteroatoms. The summed E-state index contributed by atoms with van der Waals surface area (Å²) in [7, 11) is 0. The summed E-state index contributed by atoms with van der Waals surface area (Å²) < 4.78 is 5.79. The van der Waals surface area contributed by atoms with Gasteiger partial charge in [0.1, 0.15) is 17.2 Å². The molecule has 0 spiro atoms. The Kier molecular flexibility index (Phi) is 3.64. The Morgan fingerprint density at radius 3 is 2.78 bits per heavy atom. The number of fused-ring (bicyclic) bond motifs is 1. The highest BCUT2D eigenvalue weighted by atomic mass is 16.5. The number of pyridine rings is 1. The molecule has 118 valence electrons. The molecule has 0 aliphatic carbocycles. The predicted octanol–water partition coefficient (Wildman–Crippen LogP) is 3.39. The number of amides is 1. The van der Waals surface area contributed by atoms with Crippen molar-refractivity contribution in [2.45, 2.75) is 32.8 Å². The maximum atomic E-state index is 12.3. The van der Waals surface area contributed by atoms with Crippen molar-refractivity contribution in [2.75, 3.05) is 5.32 Å². The molecule has 0 saturated heterocycles. The smallest absolute Gasteiger partial charge is 0.256 e. The quantitative estimate of drug-likeness (QED) is 0.923. The Bertz CT molecular complexity index is 797. The molecule has 0 radical (unpaired) electrons. The molecule has 23 heavy (non-hydrogen) atoms. The molecule has 0 unspecified atom stereocenters. The molecule has 3 rings (SSSR count). The maximum absolute atomic E-state index is 12.3. The lowest BCUT2D eigenvalue weighted by Gasteiger charge is -2.31. The van der Waals surface area contributed by atoms with Crippen LogP contribution >= 0.6 is 0 Å². The van der Waals surface area contributed by atoms with Crippen LogP contribution in [-0.2, 0) is 0 Å². The predicted molar refractivity (Wildman–Crippen MR) is 87.0 cm³/mol. The fourth-order valence-corrected chi connectivity index (χ4v) is 2.59. The Labute approximate surface area is 134 Å². The molecule has 1 aliphatic rings. The van der Waals surface area contributed by atoms with Gasteiger partial charge in [-0.05, 0) is 56.7 Å². The molecule has 1 aromatic carbocycles. The van der Waals surface area contributed by atoms with Crippen molar-refractivity contribution in [3.05, 3.63) is 53.2 Å². The van der Waals surface area contributed by atoms with Crippen LogP contribution in [0.15, 0.2) is 36.5 Å². The first-order valence-electron chi connectivity index (χ1n) is 7.44. The van der Waals surface area contributed by atoms with Gasteiger partial charge in [0.2, 0.25) is 0 Å². The van der Waals surface area contributed by atoms with Crippen molar-refractivity contribution < 1.29 is 14.3 Å². The number of carbonyl (C=O) groups excluding carboxylic acids is 2. The SMILES string of the molecule is Cc1ccnc(NC(=O)c2ccc3c(c2)C(=O)CC(C)(C)O3)c1. The van der Waals surface area contributed by atoms with Gasteiger partial charge in [-0.15, -0.1) is 0 Å². The maximum Gasteiger partial charge on any atom is 0.256 e. The lowest BCUT2D eigenvalue weighted by Crippen LogP contribution is -2.36. The van der Waals surface area contributed by atoms with E-state index in [0.29, 0.717) is 29.1 Å². The van der Waals surface area contributed by atoms with Gasteiger partial charge in [-0.25, -0.2) is 4.98 Å². The van der Waals surface area contributed by atoms with E-state index in [0.717, 1.165) is 5.56 Å². The fraction of sp³-hybridized carbons (Fsp3) is 0.278. The second kappa shape index (κ2) is 5.50. The number of ether oxygens (including phenoxy) is 1. The molecule has 1 N–H and O–H groups in total. The minimum absolute atomic E-state index is 0.0143. The molecule has 0 saturated carbocycles. The molecule has 2 aromatic rings. The Hall–Kier alpha value is -2.69. The van der Waals surface area contributed by atoms with Crippen molar-refractivity contribution in [1.82, 2.24) is 4.98 Å². The molecular weight excluding hydrogens is 292 g/mol. The Morgan fingerprint density at radius 1 is 1.26 bits per heavy atom. The summed E-state index contributed by atoms with van der Waals surface area (Å²) in [5.41, 5.74) is 1.35. The number of aromatic nitrogens is 1. The molecule has 0 fully saturated rings. The number of rotatable bonds is 2. The van der Waals surface area contributed by atoms with E-state index in [1.807, 2.05) is 26.8 Å². The number of hydrogen-bond acceptors (Lipinski definition) is 4. The van der Waals surface area contributed by atoms with Gasteiger partial charge in [0, 0.05) is 11.8 Å². The van der Waals surface area contributed by atoms with E-state index in [9.17, 15) is 9.59 Å². The third-order valence-corrected chi connectivity index (χ3v) is 3.67. The van der Waals surface area contributed by atoms with Crippen LogP contribution in [-0.4, -0.2) is 22.3 Å². The van der Waals surface area contributed by atoms with Gasteiger partial charge in [-0.3, -0.25) is 9.59 Å². The molecule has 0 bridgehead atoms. The van der Waals surface area contributed by atoms with Gasteiger partial charge in [0.05, 0.1) is 12.0 Å². The largest absolute Gasteiger partial charge is 0.487 e. The minimum Gasteiger partial charge on any atom is -0.487 e. The van der Waals surface area contributed by atoms with E-state index in [-0.39, 0.29) is 11.7 Å². The fourth-order valence-electron chi connectivity index (χ4n) is 2.59. The van der Waals surface area contributed by atoms with Crippen molar-refractivity contribution in [3.63, 3.8) is 0 Å². The Morgan fingerprint density at radius 2 is 2.04 bits per heavy atom. The zero-order chi connectivity index (χ0) is 16.6. The van der Waals surface area contributed by atoms with Crippen LogP contribution in [0.3, 0.4) is 0 Å². The number of carbonyl (C=O) groups is 2. The third-order valence-electron chi connectivity index (χ3n) is 3.67. The highest BCUT2D eigenvalue weighted by Gasteiger charge is 2.32. The average molecular weight is 310 g/mol. The van der Waals surface area contributed by atoms with Gasteiger partial charge in [0.25, 0.3) is 5.91 Å². The first kappa shape index (κ1) is 15.2. The van der Waals surface area contributed by atoms with Crippen molar-refractivity contribution >= 4 is 17.5 Å². The van der Waals surface area contributed by atoms with Gasteiger partial charge >= 0.3 is 0 Å². The topological polar surface area (TPSA) is 68.3 Å². The molecular formula is C18H18N2O3. The number of benzene rings is 1. The highest BCUT2D eigenvalue weighted by Crippen LogP contribution is 2.33. The monoisotopic (exact) mass is 310 g/mol. The van der Waals surface area contributed by atoms with Gasteiger partial charge in [-0.2, -0.15) is 0 Å². The normalized spacial score (nSPS) is 15.5. The highest BCUT2D eigenvalue weighted by molar-refractivity contribution is 6.07. The number of Topliss-reactive ketones (excluding diaryl/α,β-unsaturated/α-hetero) is 1. The van der Waals surface area contributed by atoms with Gasteiger partial charge in [0.15, 0.2) is 5.78 Å². The van der Waals surface area contributed by atoms with E-state index in [2.05, 4.69) is 10.3 Å². The Balaban J connectivity index is 1.86. The van der Waals surface area contributed by atoms with Crippen LogP contribution in [0.5, 0.6) is 5.75 Å². The number of hydrogen-bond donors (Lipinski definition) is 1. The van der Waals surface area contributed by atoms with E-state index in [4.69, 9.17) is 4.74 Å². The number of ketones is 1. The third kappa shape index (κ3) is 3.23. The van der Waals surface area contributed by atoms with E-state index < -0.39 is 5.60 Å². The molecule has 1 amide bonds. The minimum atomic E-state index is -0.515. The summed E-state index contributed by atoms with van der Waals surface area (Å²) >= 11 is 0. The number of nitrogens with zero attached hydrogens (tertiary/aromatic N) is 1. The van der Waals surface area contributed by atoms with Crippen LogP contribution in [0, 0.1) is 6.92 Å². The van der Waals surface area contributed by atoms with Crippen LogP contribution in [0.1, 0.15) is 46.5 Å². The molecule has 1 aliphatic heterocycles. The lowest BCUT2D eigenvalue weighted by molar-refractivity contribution is 0.0620. The van der Waals surface area contributed by atoms with Crippen molar-refractivity contribution in [3.8, 4) is 5.75 Å². The van der Waals surface area contributed by atoms with Crippen molar-refractivity contribution in [1.29, 1.82) is 0 Å². The first-order chi connectivity index (χ1) is 10.8. The zero-order valence-corrected chi connectivity index (χ0v) is 13.3. The summed E-state index contributed by atoms with van der Waals surface area (Å²) in [6.07, 6.45) is 1.93. The second-order valence-electron chi connectivity index (χ2n) is 6.35. The average Bonchev–Trinajstić information content (AvgIpc) is 2.45. The molecule has 2 heterocycles. The second-order valence-corrected chi connectivity index (χ2v) is 6.35. The van der Waals surface area contributed by atoms with E-state index in [1.165, 1.54) is 0 Å². The van der Waals surface area contributed by atoms with Crippen LogP contribution < -0.4 is 10.1 Å². The van der Waals surface area contributed by atoms with E-state index in [1.54, 1.807) is 30.5 Å². The summed E-state index contributed by atoms with van der Waals surface area (Å²) in [4.78, 5) is 28.7.